The highest BCUT2D eigenvalue weighted by Gasteiger charge is 2.11. The van der Waals surface area contributed by atoms with Crippen molar-refractivity contribution in [2.24, 2.45) is 4.99 Å². The molecule has 0 aliphatic carbocycles. The predicted octanol–water partition coefficient (Wildman–Crippen LogP) is 3.94. The van der Waals surface area contributed by atoms with Gasteiger partial charge in [0.25, 0.3) is 0 Å². The number of rotatable bonds is 5. The number of nitrogens with zero attached hydrogens (tertiary/aromatic N) is 1. The molecule has 0 fully saturated rings. The van der Waals surface area contributed by atoms with Crippen LogP contribution in [0.4, 0.5) is 10.1 Å². The molecule has 1 aliphatic rings. The van der Waals surface area contributed by atoms with Crippen molar-refractivity contribution in [1.82, 2.24) is 5.32 Å². The molecule has 3 rings (SSSR count). The van der Waals surface area contributed by atoms with E-state index in [1.807, 2.05) is 18.2 Å². The second kappa shape index (κ2) is 11.1. The number of guanidine groups is 1. The van der Waals surface area contributed by atoms with Crippen LogP contribution in [0.15, 0.2) is 41.4 Å². The van der Waals surface area contributed by atoms with Gasteiger partial charge >= 0.3 is 0 Å². The van der Waals surface area contributed by atoms with Crippen LogP contribution >= 0.6 is 24.0 Å². The average Bonchev–Trinajstić information content (AvgIpc) is 2.92. The molecule has 152 valence electrons. The number of ether oxygens (including phenoxy) is 3. The van der Waals surface area contributed by atoms with Crippen LogP contribution in [0, 0.1) is 5.82 Å². The summed E-state index contributed by atoms with van der Waals surface area (Å²) in [5.74, 6) is 1.80. The number of fused-ring (bicyclic) bond motifs is 1. The smallest absolute Gasteiger partial charge is 0.195 e. The van der Waals surface area contributed by atoms with E-state index in [1.54, 1.807) is 26.3 Å². The third kappa shape index (κ3) is 5.96. The monoisotopic (exact) mass is 501 g/mol. The Morgan fingerprint density at radius 1 is 1.14 bits per heavy atom. The van der Waals surface area contributed by atoms with Crippen molar-refractivity contribution in [1.29, 1.82) is 0 Å². The van der Waals surface area contributed by atoms with Gasteiger partial charge in [-0.05, 0) is 29.8 Å². The predicted molar refractivity (Wildman–Crippen MR) is 118 cm³/mol. The Bertz CT molecular complexity index is 817. The molecule has 0 saturated heterocycles. The first-order chi connectivity index (χ1) is 13.2. The van der Waals surface area contributed by atoms with E-state index in [-0.39, 0.29) is 36.4 Å². The lowest BCUT2D eigenvalue weighted by molar-refractivity contribution is 0.181. The van der Waals surface area contributed by atoms with Crippen molar-refractivity contribution < 1.29 is 18.6 Å². The highest BCUT2D eigenvalue weighted by Crippen LogP contribution is 2.32. The fourth-order valence-corrected chi connectivity index (χ4v) is 2.75. The number of anilines is 1. The number of aliphatic imine (C=N–C) groups is 1. The van der Waals surface area contributed by atoms with Crippen LogP contribution in [0.2, 0.25) is 0 Å². The molecule has 2 aromatic carbocycles. The summed E-state index contributed by atoms with van der Waals surface area (Å²) in [6.45, 7) is 2.04. The molecule has 0 amide bonds. The number of hydrogen-bond donors (Lipinski definition) is 2. The minimum absolute atomic E-state index is 0. The average molecular weight is 501 g/mol. The van der Waals surface area contributed by atoms with Gasteiger partial charge in [-0.1, -0.05) is 6.07 Å². The molecule has 0 radical (unpaired) electrons. The zero-order valence-corrected chi connectivity index (χ0v) is 18.3. The van der Waals surface area contributed by atoms with Crippen LogP contribution in [0.1, 0.15) is 17.5 Å². The van der Waals surface area contributed by atoms with E-state index < -0.39 is 0 Å². The summed E-state index contributed by atoms with van der Waals surface area (Å²) in [4.78, 5) is 4.23. The maximum atomic E-state index is 13.7. The largest absolute Gasteiger partial charge is 0.490 e. The third-order valence-corrected chi connectivity index (χ3v) is 4.10. The molecule has 0 bridgehead atoms. The van der Waals surface area contributed by atoms with Crippen molar-refractivity contribution in [3.05, 3.63) is 53.3 Å². The second-order valence-corrected chi connectivity index (χ2v) is 6.12. The van der Waals surface area contributed by atoms with Crippen molar-refractivity contribution in [3.8, 4) is 11.5 Å². The van der Waals surface area contributed by atoms with Crippen LogP contribution in [-0.4, -0.2) is 33.3 Å². The normalized spacial score (nSPS) is 13.3. The molecule has 1 aliphatic heterocycles. The summed E-state index contributed by atoms with van der Waals surface area (Å²) in [5.41, 5.74) is 2.30. The second-order valence-electron chi connectivity index (χ2n) is 6.12. The summed E-state index contributed by atoms with van der Waals surface area (Å²) < 4.78 is 30.1. The van der Waals surface area contributed by atoms with Gasteiger partial charge in [-0.25, -0.2) is 4.39 Å². The summed E-state index contributed by atoms with van der Waals surface area (Å²) >= 11 is 0. The Hall–Kier alpha value is -2.07. The SMILES string of the molecule is CN=C(NCc1ccc(F)c(COC)c1)Nc1ccc2c(c1)OCCCO2.I. The van der Waals surface area contributed by atoms with Crippen molar-refractivity contribution in [3.63, 3.8) is 0 Å². The zero-order valence-electron chi connectivity index (χ0n) is 16.0. The van der Waals surface area contributed by atoms with Crippen LogP contribution in [-0.2, 0) is 17.9 Å². The van der Waals surface area contributed by atoms with E-state index in [9.17, 15) is 4.39 Å². The van der Waals surface area contributed by atoms with Gasteiger partial charge in [0.2, 0.25) is 0 Å². The molecule has 2 N–H and O–H groups in total. The molecule has 1 heterocycles. The first kappa shape index (κ1) is 22.2. The molecule has 0 atom stereocenters. The maximum absolute atomic E-state index is 13.7. The van der Waals surface area contributed by atoms with E-state index in [0.717, 1.165) is 29.2 Å². The van der Waals surface area contributed by atoms with Crippen LogP contribution in [0.3, 0.4) is 0 Å². The lowest BCUT2D eigenvalue weighted by Gasteiger charge is -2.14. The molecule has 0 saturated carbocycles. The number of nitrogens with one attached hydrogen (secondary N) is 2. The topological polar surface area (TPSA) is 64.1 Å². The minimum atomic E-state index is -0.268. The Morgan fingerprint density at radius 2 is 1.93 bits per heavy atom. The lowest BCUT2D eigenvalue weighted by atomic mass is 10.1. The van der Waals surface area contributed by atoms with E-state index in [0.29, 0.717) is 31.3 Å². The van der Waals surface area contributed by atoms with Gasteiger partial charge < -0.3 is 24.8 Å². The zero-order chi connectivity index (χ0) is 19.1. The standard InChI is InChI=1S/C20H24FN3O3.HI/c1-22-20(23-12-14-4-6-17(21)15(10-14)13-25-2)24-16-5-7-18-19(11-16)27-9-3-8-26-18;/h4-7,10-11H,3,8-9,12-13H2,1-2H3,(H2,22,23,24);1H. The summed E-state index contributed by atoms with van der Waals surface area (Å²) in [6, 6.07) is 10.7. The molecular weight excluding hydrogens is 476 g/mol. The van der Waals surface area contributed by atoms with Gasteiger partial charge in [0.1, 0.15) is 5.82 Å². The van der Waals surface area contributed by atoms with E-state index in [4.69, 9.17) is 14.2 Å². The molecule has 0 spiro atoms. The minimum Gasteiger partial charge on any atom is -0.490 e. The highest BCUT2D eigenvalue weighted by molar-refractivity contribution is 14.0. The first-order valence-corrected chi connectivity index (χ1v) is 8.83. The summed E-state index contributed by atoms with van der Waals surface area (Å²) in [6.07, 6.45) is 0.864. The highest BCUT2D eigenvalue weighted by atomic mass is 127. The summed E-state index contributed by atoms with van der Waals surface area (Å²) in [7, 11) is 3.24. The Labute approximate surface area is 181 Å². The molecule has 0 aromatic heterocycles. The number of hydrogen-bond acceptors (Lipinski definition) is 4. The Kier molecular flexibility index (Phi) is 8.78. The molecule has 0 unspecified atom stereocenters. The van der Waals surface area contributed by atoms with Gasteiger partial charge in [-0.2, -0.15) is 0 Å². The molecule has 28 heavy (non-hydrogen) atoms. The van der Waals surface area contributed by atoms with Crippen molar-refractivity contribution >= 4 is 35.6 Å². The van der Waals surface area contributed by atoms with Gasteiger partial charge in [-0.3, -0.25) is 4.99 Å². The quantitative estimate of drug-likeness (QED) is 0.369. The Balaban J connectivity index is 0.00000280. The summed E-state index contributed by atoms with van der Waals surface area (Å²) in [5, 5.41) is 6.44. The van der Waals surface area contributed by atoms with Crippen LogP contribution in [0.5, 0.6) is 11.5 Å². The van der Waals surface area contributed by atoms with Crippen LogP contribution < -0.4 is 20.1 Å². The van der Waals surface area contributed by atoms with E-state index in [2.05, 4.69) is 15.6 Å². The first-order valence-electron chi connectivity index (χ1n) is 8.83. The molecule has 2 aromatic rings. The number of halogens is 2. The molecule has 8 heteroatoms. The van der Waals surface area contributed by atoms with Gasteiger partial charge in [0, 0.05) is 44.4 Å². The van der Waals surface area contributed by atoms with Crippen molar-refractivity contribution in [2.75, 3.05) is 32.7 Å². The van der Waals surface area contributed by atoms with E-state index in [1.165, 1.54) is 6.07 Å². The number of benzene rings is 2. The lowest BCUT2D eigenvalue weighted by Crippen LogP contribution is -2.30. The van der Waals surface area contributed by atoms with Gasteiger partial charge in [0.05, 0.1) is 19.8 Å². The van der Waals surface area contributed by atoms with Crippen molar-refractivity contribution in [2.45, 2.75) is 19.6 Å². The fraction of sp³-hybridized carbons (Fsp3) is 0.350. The number of methoxy groups -OCH3 is 1. The Morgan fingerprint density at radius 3 is 2.68 bits per heavy atom. The van der Waals surface area contributed by atoms with Gasteiger partial charge in [0.15, 0.2) is 17.5 Å². The van der Waals surface area contributed by atoms with E-state index >= 15 is 0 Å². The maximum Gasteiger partial charge on any atom is 0.195 e. The van der Waals surface area contributed by atoms with Gasteiger partial charge in [-0.15, -0.1) is 24.0 Å². The third-order valence-electron chi connectivity index (χ3n) is 4.10. The molecular formula is C20H25FIN3O3. The molecule has 6 nitrogen and oxygen atoms in total. The van der Waals surface area contributed by atoms with Crippen LogP contribution in [0.25, 0.3) is 0 Å². The fourth-order valence-electron chi connectivity index (χ4n) is 2.75.